The molecular formula is C15H24N2O3S. The van der Waals surface area contributed by atoms with E-state index in [2.05, 4.69) is 6.92 Å². The molecule has 1 aliphatic carbocycles. The lowest BCUT2D eigenvalue weighted by molar-refractivity contribution is 0.239. The largest absolute Gasteiger partial charge is 0.497 e. The minimum atomic E-state index is -3.56. The summed E-state index contributed by atoms with van der Waals surface area (Å²) >= 11 is 0. The average Bonchev–Trinajstić information content (AvgIpc) is 2.45. The summed E-state index contributed by atoms with van der Waals surface area (Å²) in [6, 6.07) is 4.75. The van der Waals surface area contributed by atoms with Gasteiger partial charge < -0.3 is 10.5 Å². The molecule has 1 fully saturated rings. The number of anilines is 1. The molecule has 0 spiro atoms. The lowest BCUT2D eigenvalue weighted by Gasteiger charge is -2.33. The van der Waals surface area contributed by atoms with E-state index in [4.69, 9.17) is 10.5 Å². The Kier molecular flexibility index (Phi) is 4.78. The van der Waals surface area contributed by atoms with Crippen molar-refractivity contribution in [3.63, 3.8) is 0 Å². The minimum absolute atomic E-state index is 0.0558. The highest BCUT2D eigenvalue weighted by molar-refractivity contribution is 7.89. The van der Waals surface area contributed by atoms with Crippen LogP contribution in [-0.4, -0.2) is 32.9 Å². The number of methoxy groups -OCH3 is 1. The topological polar surface area (TPSA) is 72.6 Å². The van der Waals surface area contributed by atoms with E-state index in [-0.39, 0.29) is 16.6 Å². The standard InChI is InChI=1S/C15H24N2O3S/c1-11-5-4-6-12(9-11)17(2)21(18,19)15-8-7-13(20-3)10-14(15)16/h7-8,10-12H,4-6,9,16H2,1-3H3. The quantitative estimate of drug-likeness (QED) is 0.867. The first-order valence-electron chi connectivity index (χ1n) is 7.27. The molecular weight excluding hydrogens is 288 g/mol. The van der Waals surface area contributed by atoms with Gasteiger partial charge in [-0.1, -0.05) is 19.8 Å². The second kappa shape index (κ2) is 6.23. The third kappa shape index (κ3) is 3.32. The molecule has 118 valence electrons. The van der Waals surface area contributed by atoms with Crippen LogP contribution >= 0.6 is 0 Å². The van der Waals surface area contributed by atoms with Crippen molar-refractivity contribution in [2.45, 2.75) is 43.5 Å². The number of hydrogen-bond donors (Lipinski definition) is 1. The van der Waals surface area contributed by atoms with Gasteiger partial charge in [0, 0.05) is 19.2 Å². The number of sulfonamides is 1. The summed E-state index contributed by atoms with van der Waals surface area (Å²) in [6.45, 7) is 2.17. The van der Waals surface area contributed by atoms with Crippen molar-refractivity contribution in [1.82, 2.24) is 4.31 Å². The van der Waals surface area contributed by atoms with Crippen LogP contribution in [0.25, 0.3) is 0 Å². The third-order valence-electron chi connectivity index (χ3n) is 4.30. The molecule has 1 aliphatic rings. The molecule has 1 aromatic carbocycles. The molecule has 0 radical (unpaired) electrons. The SMILES string of the molecule is COc1ccc(S(=O)(=O)N(C)C2CCCC(C)C2)c(N)c1. The molecule has 1 saturated carbocycles. The van der Waals surface area contributed by atoms with E-state index in [0.717, 1.165) is 19.3 Å². The Hall–Kier alpha value is -1.27. The number of nitrogens with zero attached hydrogens (tertiary/aromatic N) is 1. The summed E-state index contributed by atoms with van der Waals surface area (Å²) in [5.41, 5.74) is 6.12. The molecule has 2 N–H and O–H groups in total. The number of hydrogen-bond acceptors (Lipinski definition) is 4. The maximum absolute atomic E-state index is 12.8. The van der Waals surface area contributed by atoms with Gasteiger partial charge in [0.2, 0.25) is 10.0 Å². The van der Waals surface area contributed by atoms with Crippen LogP contribution in [0.15, 0.2) is 23.1 Å². The summed E-state index contributed by atoms with van der Waals surface area (Å²) in [6.07, 6.45) is 4.07. The predicted octanol–water partition coefficient (Wildman–Crippen LogP) is 2.48. The zero-order chi connectivity index (χ0) is 15.6. The first-order chi connectivity index (χ1) is 9.86. The number of benzene rings is 1. The highest BCUT2D eigenvalue weighted by atomic mass is 32.2. The van der Waals surface area contributed by atoms with Crippen molar-refractivity contribution in [2.75, 3.05) is 19.9 Å². The summed E-state index contributed by atoms with van der Waals surface area (Å²) < 4.78 is 32.1. The predicted molar refractivity (Wildman–Crippen MR) is 83.8 cm³/mol. The van der Waals surface area contributed by atoms with Crippen LogP contribution in [0.3, 0.4) is 0 Å². The zero-order valence-corrected chi connectivity index (χ0v) is 13.7. The summed E-state index contributed by atoms with van der Waals surface area (Å²) in [5, 5.41) is 0. The number of rotatable bonds is 4. The monoisotopic (exact) mass is 312 g/mol. The first kappa shape index (κ1) is 16.1. The molecule has 21 heavy (non-hydrogen) atoms. The Labute approximate surface area is 127 Å². The van der Waals surface area contributed by atoms with Crippen molar-refractivity contribution in [1.29, 1.82) is 0 Å². The van der Waals surface area contributed by atoms with Gasteiger partial charge in [-0.2, -0.15) is 4.31 Å². The number of nitrogen functional groups attached to an aromatic ring is 1. The minimum Gasteiger partial charge on any atom is -0.497 e. The van der Waals surface area contributed by atoms with Gasteiger partial charge in [-0.3, -0.25) is 0 Å². The van der Waals surface area contributed by atoms with Gasteiger partial charge in [-0.25, -0.2) is 8.42 Å². The third-order valence-corrected chi connectivity index (χ3v) is 6.28. The van der Waals surface area contributed by atoms with Crippen molar-refractivity contribution >= 4 is 15.7 Å². The summed E-state index contributed by atoms with van der Waals surface area (Å²) in [5.74, 6) is 1.12. The van der Waals surface area contributed by atoms with Gasteiger partial charge in [0.25, 0.3) is 0 Å². The summed E-state index contributed by atoms with van der Waals surface area (Å²) in [4.78, 5) is 0.157. The van der Waals surface area contributed by atoms with Crippen LogP contribution < -0.4 is 10.5 Å². The smallest absolute Gasteiger partial charge is 0.245 e. The van der Waals surface area contributed by atoms with Crippen LogP contribution in [0.5, 0.6) is 5.75 Å². The fourth-order valence-electron chi connectivity index (χ4n) is 2.97. The lowest BCUT2D eigenvalue weighted by Crippen LogP contribution is -2.40. The molecule has 2 atom stereocenters. The van der Waals surface area contributed by atoms with E-state index in [1.165, 1.54) is 23.9 Å². The molecule has 6 heteroatoms. The van der Waals surface area contributed by atoms with Crippen molar-refractivity contribution in [2.24, 2.45) is 5.92 Å². The van der Waals surface area contributed by atoms with E-state index in [9.17, 15) is 8.42 Å². The van der Waals surface area contributed by atoms with Crippen LogP contribution in [0.1, 0.15) is 32.6 Å². The molecule has 5 nitrogen and oxygen atoms in total. The van der Waals surface area contributed by atoms with Crippen molar-refractivity contribution in [3.8, 4) is 5.75 Å². The molecule has 0 saturated heterocycles. The Balaban J connectivity index is 2.28. The Morgan fingerprint density at radius 1 is 1.33 bits per heavy atom. The van der Waals surface area contributed by atoms with Gasteiger partial charge >= 0.3 is 0 Å². The van der Waals surface area contributed by atoms with Crippen LogP contribution in [0.4, 0.5) is 5.69 Å². The highest BCUT2D eigenvalue weighted by Gasteiger charge is 2.32. The first-order valence-corrected chi connectivity index (χ1v) is 8.71. The maximum atomic E-state index is 12.8. The second-order valence-corrected chi connectivity index (χ2v) is 7.82. The van der Waals surface area contributed by atoms with Crippen LogP contribution in [-0.2, 0) is 10.0 Å². The molecule has 0 heterocycles. The van der Waals surface area contributed by atoms with Crippen molar-refractivity contribution in [3.05, 3.63) is 18.2 Å². The summed E-state index contributed by atoms with van der Waals surface area (Å²) in [7, 11) is -0.384. The molecule has 0 aliphatic heterocycles. The van der Waals surface area contributed by atoms with Gasteiger partial charge in [-0.05, 0) is 30.9 Å². The van der Waals surface area contributed by atoms with Gasteiger partial charge in [0.1, 0.15) is 10.6 Å². The van der Waals surface area contributed by atoms with E-state index in [1.54, 1.807) is 19.2 Å². The number of ether oxygens (including phenoxy) is 1. The van der Waals surface area contributed by atoms with E-state index >= 15 is 0 Å². The molecule has 2 rings (SSSR count). The molecule has 1 aromatic rings. The van der Waals surface area contributed by atoms with Crippen molar-refractivity contribution < 1.29 is 13.2 Å². The second-order valence-electron chi connectivity index (χ2n) is 5.85. The van der Waals surface area contributed by atoms with E-state index < -0.39 is 10.0 Å². The number of nitrogens with two attached hydrogens (primary N) is 1. The zero-order valence-electron chi connectivity index (χ0n) is 12.9. The fraction of sp³-hybridized carbons (Fsp3) is 0.600. The van der Waals surface area contributed by atoms with Gasteiger partial charge in [0.15, 0.2) is 0 Å². The van der Waals surface area contributed by atoms with E-state index in [1.807, 2.05) is 0 Å². The normalized spacial score (nSPS) is 23.2. The van der Waals surface area contributed by atoms with Crippen LogP contribution in [0.2, 0.25) is 0 Å². The molecule has 0 aromatic heterocycles. The highest BCUT2D eigenvalue weighted by Crippen LogP contribution is 2.32. The molecule has 2 unspecified atom stereocenters. The Morgan fingerprint density at radius 3 is 2.62 bits per heavy atom. The van der Waals surface area contributed by atoms with Gasteiger partial charge in [-0.15, -0.1) is 0 Å². The van der Waals surface area contributed by atoms with E-state index in [0.29, 0.717) is 11.7 Å². The maximum Gasteiger partial charge on any atom is 0.245 e. The Morgan fingerprint density at radius 2 is 2.05 bits per heavy atom. The Bertz CT molecular complexity index is 601. The molecule has 0 amide bonds. The van der Waals surface area contributed by atoms with Crippen LogP contribution in [0, 0.1) is 5.92 Å². The average molecular weight is 312 g/mol. The van der Waals surface area contributed by atoms with Gasteiger partial charge in [0.05, 0.1) is 12.8 Å². The fourth-order valence-corrected chi connectivity index (χ4v) is 4.46. The lowest BCUT2D eigenvalue weighted by atomic mass is 9.87. The molecule has 0 bridgehead atoms.